The normalized spacial score (nSPS) is 10.8. The van der Waals surface area contributed by atoms with Crippen LogP contribution in [0, 0.1) is 0 Å². The Morgan fingerprint density at radius 3 is 2.62 bits per heavy atom. The van der Waals surface area contributed by atoms with Crippen LogP contribution in [0.1, 0.15) is 22.8 Å². The van der Waals surface area contributed by atoms with Gasteiger partial charge in [0.05, 0.1) is 5.69 Å². The van der Waals surface area contributed by atoms with E-state index in [4.69, 9.17) is 11.6 Å². The van der Waals surface area contributed by atoms with Crippen LogP contribution >= 0.6 is 11.6 Å². The maximum Gasteiger partial charge on any atom is 0.187 e. The van der Waals surface area contributed by atoms with E-state index in [1.807, 2.05) is 24.3 Å². The summed E-state index contributed by atoms with van der Waals surface area (Å²) in [4.78, 5) is 12.0. The van der Waals surface area contributed by atoms with Crippen LogP contribution in [-0.4, -0.2) is 10.9 Å². The highest BCUT2D eigenvalue weighted by atomic mass is 35.5. The predicted octanol–water partition coefficient (Wildman–Crippen LogP) is 4.42. The molecule has 0 radical (unpaired) electrons. The summed E-state index contributed by atoms with van der Waals surface area (Å²) in [5.41, 5.74) is 2.27. The van der Waals surface area contributed by atoms with Crippen LogP contribution in [0.5, 0.6) is 5.75 Å². The zero-order valence-corrected chi connectivity index (χ0v) is 12.4. The molecular weight excluding hydrogens is 286 g/mol. The third-order valence-corrected chi connectivity index (χ3v) is 3.31. The van der Waals surface area contributed by atoms with Gasteiger partial charge in [0.25, 0.3) is 0 Å². The van der Waals surface area contributed by atoms with Crippen molar-refractivity contribution < 1.29 is 9.90 Å². The molecule has 0 fully saturated rings. The number of rotatable bonds is 5. The van der Waals surface area contributed by atoms with Crippen LogP contribution in [0.3, 0.4) is 0 Å². The van der Waals surface area contributed by atoms with E-state index in [2.05, 4.69) is 12.2 Å². The first kappa shape index (κ1) is 15.1. The first-order chi connectivity index (χ1) is 10.1. The number of ketones is 1. The average Bonchev–Trinajstić information content (AvgIpc) is 2.50. The van der Waals surface area contributed by atoms with Crippen molar-refractivity contribution in [3.05, 3.63) is 70.9 Å². The van der Waals surface area contributed by atoms with E-state index in [9.17, 15) is 9.90 Å². The van der Waals surface area contributed by atoms with Gasteiger partial charge in [0.2, 0.25) is 0 Å². The monoisotopic (exact) mass is 301 g/mol. The molecule has 0 bridgehead atoms. The molecule has 4 heteroatoms. The minimum Gasteiger partial charge on any atom is -0.506 e. The van der Waals surface area contributed by atoms with E-state index in [-0.39, 0.29) is 11.5 Å². The van der Waals surface area contributed by atoms with Crippen LogP contribution in [0.2, 0.25) is 5.02 Å². The summed E-state index contributed by atoms with van der Waals surface area (Å²) in [5.74, 6) is -0.0320. The lowest BCUT2D eigenvalue weighted by atomic mass is 10.1. The lowest BCUT2D eigenvalue weighted by molar-refractivity contribution is 0.104. The van der Waals surface area contributed by atoms with E-state index in [1.54, 1.807) is 12.1 Å². The molecule has 0 aliphatic heterocycles. The highest BCUT2D eigenvalue weighted by Gasteiger charge is 2.02. The average molecular weight is 302 g/mol. The summed E-state index contributed by atoms with van der Waals surface area (Å²) in [7, 11) is 0. The fourth-order valence-electron chi connectivity index (χ4n) is 1.83. The molecule has 0 amide bonds. The Morgan fingerprint density at radius 2 is 1.95 bits per heavy atom. The Labute approximate surface area is 128 Å². The van der Waals surface area contributed by atoms with Crippen molar-refractivity contribution >= 4 is 23.1 Å². The lowest BCUT2D eigenvalue weighted by Crippen LogP contribution is -1.97. The zero-order valence-electron chi connectivity index (χ0n) is 11.6. The third kappa shape index (κ3) is 4.10. The molecule has 0 saturated carbocycles. The number of aryl methyl sites for hydroxylation is 1. The van der Waals surface area contributed by atoms with Gasteiger partial charge in [0.15, 0.2) is 5.78 Å². The van der Waals surface area contributed by atoms with Gasteiger partial charge in [0.1, 0.15) is 5.75 Å². The highest BCUT2D eigenvalue weighted by molar-refractivity contribution is 6.30. The minimum absolute atomic E-state index is 0.0730. The van der Waals surface area contributed by atoms with Gasteiger partial charge in [-0.1, -0.05) is 42.8 Å². The van der Waals surface area contributed by atoms with Crippen molar-refractivity contribution in [3.63, 3.8) is 0 Å². The van der Waals surface area contributed by atoms with Crippen LogP contribution in [0.4, 0.5) is 5.69 Å². The summed E-state index contributed by atoms with van der Waals surface area (Å²) in [6.07, 6.45) is 3.85. The number of phenols is 1. The number of hydrogen-bond donors (Lipinski definition) is 2. The van der Waals surface area contributed by atoms with E-state index in [0.717, 1.165) is 6.42 Å². The molecular formula is C17H16ClNO2. The second kappa shape index (κ2) is 6.95. The topological polar surface area (TPSA) is 49.3 Å². The van der Waals surface area contributed by atoms with E-state index < -0.39 is 0 Å². The summed E-state index contributed by atoms with van der Waals surface area (Å²) >= 11 is 5.84. The van der Waals surface area contributed by atoms with Gasteiger partial charge in [-0.25, -0.2) is 0 Å². The lowest BCUT2D eigenvalue weighted by Gasteiger charge is -2.04. The number of aromatic hydroxyl groups is 1. The number of benzene rings is 2. The van der Waals surface area contributed by atoms with Crippen LogP contribution in [0.15, 0.2) is 54.7 Å². The van der Waals surface area contributed by atoms with Gasteiger partial charge < -0.3 is 10.4 Å². The molecule has 0 saturated heterocycles. The minimum atomic E-state index is -0.105. The fraction of sp³-hybridized carbons (Fsp3) is 0.118. The van der Waals surface area contributed by atoms with Crippen LogP contribution in [-0.2, 0) is 6.42 Å². The van der Waals surface area contributed by atoms with Crippen molar-refractivity contribution in [3.8, 4) is 5.75 Å². The second-order valence-corrected chi connectivity index (χ2v) is 4.99. The molecule has 0 aliphatic carbocycles. The molecule has 3 nitrogen and oxygen atoms in total. The zero-order chi connectivity index (χ0) is 15.2. The summed E-state index contributed by atoms with van der Waals surface area (Å²) in [6, 6.07) is 12.2. The molecule has 2 aromatic rings. The molecule has 0 unspecified atom stereocenters. The molecule has 0 heterocycles. The Bertz CT molecular complexity index is 663. The number of phenolic OH excluding ortho intramolecular Hbond substituents is 1. The number of halogens is 1. The fourth-order valence-corrected chi connectivity index (χ4v) is 2.00. The van der Waals surface area contributed by atoms with Crippen molar-refractivity contribution in [1.29, 1.82) is 0 Å². The molecule has 2 rings (SSSR count). The SMILES string of the molecule is CCc1ccc(C(=O)C=CNc2cc(Cl)ccc2O)cc1. The number of carbonyl (C=O) groups is 1. The van der Waals surface area contributed by atoms with Crippen LogP contribution < -0.4 is 5.32 Å². The second-order valence-electron chi connectivity index (χ2n) is 4.55. The van der Waals surface area contributed by atoms with Gasteiger partial charge in [0, 0.05) is 22.9 Å². The van der Waals surface area contributed by atoms with Gasteiger partial charge >= 0.3 is 0 Å². The van der Waals surface area contributed by atoms with Crippen molar-refractivity contribution in [2.75, 3.05) is 5.32 Å². The number of anilines is 1. The Balaban J connectivity index is 2.03. The number of carbonyl (C=O) groups excluding carboxylic acids is 1. The quantitative estimate of drug-likeness (QED) is 0.488. The Kier molecular flexibility index (Phi) is 5.01. The highest BCUT2D eigenvalue weighted by Crippen LogP contribution is 2.26. The van der Waals surface area contributed by atoms with Crippen LogP contribution in [0.25, 0.3) is 0 Å². The molecule has 2 N–H and O–H groups in total. The molecule has 0 aromatic heterocycles. The first-order valence-electron chi connectivity index (χ1n) is 6.65. The van der Waals surface area contributed by atoms with E-state index >= 15 is 0 Å². The predicted molar refractivity (Wildman–Crippen MR) is 86.0 cm³/mol. The molecule has 2 aromatic carbocycles. The largest absolute Gasteiger partial charge is 0.506 e. The smallest absolute Gasteiger partial charge is 0.187 e. The Hall–Kier alpha value is -2.26. The molecule has 0 aliphatic rings. The van der Waals surface area contributed by atoms with Crippen molar-refractivity contribution in [1.82, 2.24) is 0 Å². The maximum atomic E-state index is 12.0. The maximum absolute atomic E-state index is 12.0. The number of allylic oxidation sites excluding steroid dienone is 1. The van der Waals surface area contributed by atoms with Crippen molar-refractivity contribution in [2.24, 2.45) is 0 Å². The van der Waals surface area contributed by atoms with Gasteiger partial charge in [-0.05, 0) is 30.2 Å². The summed E-state index contributed by atoms with van der Waals surface area (Å²) in [5, 5.41) is 13.0. The molecule has 108 valence electrons. The summed E-state index contributed by atoms with van der Waals surface area (Å²) in [6.45, 7) is 2.07. The molecule has 21 heavy (non-hydrogen) atoms. The first-order valence-corrected chi connectivity index (χ1v) is 7.03. The molecule has 0 atom stereocenters. The summed E-state index contributed by atoms with van der Waals surface area (Å²) < 4.78 is 0. The van der Waals surface area contributed by atoms with Gasteiger partial charge in [-0.3, -0.25) is 4.79 Å². The third-order valence-electron chi connectivity index (χ3n) is 3.08. The van der Waals surface area contributed by atoms with E-state index in [1.165, 1.54) is 23.9 Å². The standard InChI is InChI=1S/C17H16ClNO2/c1-2-12-3-5-13(6-4-12)16(20)9-10-19-15-11-14(18)7-8-17(15)21/h3-11,19,21H,2H2,1H3. The van der Waals surface area contributed by atoms with Gasteiger partial charge in [-0.15, -0.1) is 0 Å². The van der Waals surface area contributed by atoms with E-state index in [0.29, 0.717) is 16.3 Å². The molecule has 0 spiro atoms. The Morgan fingerprint density at radius 1 is 1.24 bits per heavy atom. The van der Waals surface area contributed by atoms with Gasteiger partial charge in [-0.2, -0.15) is 0 Å². The number of nitrogens with one attached hydrogen (secondary N) is 1. The number of hydrogen-bond acceptors (Lipinski definition) is 3. The van der Waals surface area contributed by atoms with Crippen molar-refractivity contribution in [2.45, 2.75) is 13.3 Å².